The molecule has 0 saturated heterocycles. The quantitative estimate of drug-likeness (QED) is 0.317. The van der Waals surface area contributed by atoms with Crippen molar-refractivity contribution in [3.8, 4) is 0 Å². The van der Waals surface area contributed by atoms with Crippen molar-refractivity contribution in [3.63, 3.8) is 0 Å². The average Bonchev–Trinajstić information content (AvgIpc) is 2.92. The fourth-order valence-corrected chi connectivity index (χ4v) is 5.57. The van der Waals surface area contributed by atoms with Gasteiger partial charge in [0, 0.05) is 44.0 Å². The molecule has 1 atom stereocenters. The smallest absolute Gasteiger partial charge is 0.243 e. The number of nitrogens with one attached hydrogen (secondary N) is 1. The van der Waals surface area contributed by atoms with Gasteiger partial charge in [-0.25, -0.2) is 12.7 Å². The van der Waals surface area contributed by atoms with E-state index in [1.54, 1.807) is 47.4 Å². The van der Waals surface area contributed by atoms with Gasteiger partial charge in [-0.05, 0) is 55.7 Å². The standard InChI is InChI=1S/C30H36ClN3O4S/c1-23(2)32-30(36)28(21-24-11-6-4-7-12-24)34(22-25-16-18-26(31)19-17-25)29(35)15-10-20-33(3)39(37,38)27-13-8-5-9-14-27/h4-9,11-14,16-19,23,28H,10,15,20-22H2,1-3H3,(H,32,36)/t28-/m0/s1. The molecule has 2 amide bonds. The zero-order valence-corrected chi connectivity index (χ0v) is 24.2. The molecule has 0 fully saturated rings. The number of sulfonamides is 1. The molecular weight excluding hydrogens is 534 g/mol. The third-order valence-corrected chi connectivity index (χ3v) is 8.41. The van der Waals surface area contributed by atoms with E-state index in [0.29, 0.717) is 17.9 Å². The number of amides is 2. The van der Waals surface area contributed by atoms with Crippen LogP contribution in [0.25, 0.3) is 0 Å². The van der Waals surface area contributed by atoms with E-state index >= 15 is 0 Å². The summed E-state index contributed by atoms with van der Waals surface area (Å²) in [5, 5.41) is 3.55. The van der Waals surface area contributed by atoms with Gasteiger partial charge in [-0.2, -0.15) is 0 Å². The summed E-state index contributed by atoms with van der Waals surface area (Å²) in [6.45, 7) is 4.15. The van der Waals surface area contributed by atoms with Crippen LogP contribution in [-0.2, 0) is 32.6 Å². The highest BCUT2D eigenvalue weighted by Crippen LogP contribution is 2.19. The Bertz CT molecular complexity index is 1320. The summed E-state index contributed by atoms with van der Waals surface area (Å²) in [5.74, 6) is -0.463. The molecule has 0 aliphatic heterocycles. The minimum Gasteiger partial charge on any atom is -0.352 e. The van der Waals surface area contributed by atoms with Crippen LogP contribution in [0, 0.1) is 0 Å². The fourth-order valence-electron chi connectivity index (χ4n) is 4.21. The minimum atomic E-state index is -3.66. The highest BCUT2D eigenvalue weighted by Gasteiger charge is 2.31. The van der Waals surface area contributed by atoms with Gasteiger partial charge in [0.15, 0.2) is 0 Å². The molecule has 1 N–H and O–H groups in total. The predicted octanol–water partition coefficient (Wildman–Crippen LogP) is 4.91. The van der Waals surface area contributed by atoms with E-state index < -0.39 is 16.1 Å². The molecule has 9 heteroatoms. The second-order valence-corrected chi connectivity index (χ2v) is 12.2. The normalized spacial score (nSPS) is 12.4. The van der Waals surface area contributed by atoms with Crippen LogP contribution in [0.1, 0.15) is 37.8 Å². The molecular formula is C30H36ClN3O4S. The van der Waals surface area contributed by atoms with E-state index in [9.17, 15) is 18.0 Å². The maximum Gasteiger partial charge on any atom is 0.243 e. The van der Waals surface area contributed by atoms with Crippen LogP contribution < -0.4 is 5.32 Å². The Labute approximate surface area is 236 Å². The van der Waals surface area contributed by atoms with Crippen molar-refractivity contribution in [2.45, 2.75) is 56.6 Å². The Kier molecular flexibility index (Phi) is 11.1. The third kappa shape index (κ3) is 8.92. The molecule has 0 unspecified atom stereocenters. The van der Waals surface area contributed by atoms with Crippen molar-refractivity contribution in [1.29, 1.82) is 0 Å². The van der Waals surface area contributed by atoms with Crippen LogP contribution in [0.3, 0.4) is 0 Å². The average molecular weight is 570 g/mol. The number of rotatable bonds is 13. The summed E-state index contributed by atoms with van der Waals surface area (Å²) in [7, 11) is -2.16. The molecule has 3 aromatic carbocycles. The molecule has 0 bridgehead atoms. The molecule has 208 valence electrons. The van der Waals surface area contributed by atoms with Crippen LogP contribution in [0.15, 0.2) is 89.8 Å². The third-order valence-electron chi connectivity index (χ3n) is 6.28. The summed E-state index contributed by atoms with van der Waals surface area (Å²) >= 11 is 6.07. The summed E-state index contributed by atoms with van der Waals surface area (Å²) in [6.07, 6.45) is 0.742. The lowest BCUT2D eigenvalue weighted by atomic mass is 10.0. The highest BCUT2D eigenvalue weighted by atomic mass is 35.5. The first-order valence-corrected chi connectivity index (χ1v) is 14.8. The van der Waals surface area contributed by atoms with Gasteiger partial charge in [-0.3, -0.25) is 9.59 Å². The maximum atomic E-state index is 13.7. The van der Waals surface area contributed by atoms with Crippen LogP contribution in [0.5, 0.6) is 0 Å². The van der Waals surface area contributed by atoms with Crippen LogP contribution in [-0.4, -0.2) is 55.1 Å². The molecule has 7 nitrogen and oxygen atoms in total. The first-order valence-electron chi connectivity index (χ1n) is 13.0. The zero-order valence-electron chi connectivity index (χ0n) is 22.6. The Morgan fingerprint density at radius 2 is 1.46 bits per heavy atom. The highest BCUT2D eigenvalue weighted by molar-refractivity contribution is 7.89. The second kappa shape index (κ2) is 14.3. The first kappa shape index (κ1) is 30.3. The molecule has 0 saturated carbocycles. The lowest BCUT2D eigenvalue weighted by Gasteiger charge is -2.32. The van der Waals surface area contributed by atoms with Crippen molar-refractivity contribution >= 4 is 33.4 Å². The molecule has 0 radical (unpaired) electrons. The number of carbonyl (C=O) groups excluding carboxylic acids is 2. The minimum absolute atomic E-state index is 0.0858. The molecule has 3 aromatic rings. The molecule has 3 rings (SSSR count). The Morgan fingerprint density at radius 3 is 2.05 bits per heavy atom. The van der Waals surface area contributed by atoms with Crippen molar-refractivity contribution in [2.24, 2.45) is 0 Å². The Morgan fingerprint density at radius 1 is 0.872 bits per heavy atom. The van der Waals surface area contributed by atoms with Gasteiger partial charge in [0.05, 0.1) is 4.90 Å². The summed E-state index contributed by atoms with van der Waals surface area (Å²) < 4.78 is 27.0. The number of hydrogen-bond acceptors (Lipinski definition) is 4. The van der Waals surface area contributed by atoms with Gasteiger partial charge < -0.3 is 10.2 Å². The Hall–Kier alpha value is -3.20. The second-order valence-electron chi connectivity index (χ2n) is 9.76. The molecule has 39 heavy (non-hydrogen) atoms. The summed E-state index contributed by atoms with van der Waals surface area (Å²) in [6, 6.07) is 24.1. The van der Waals surface area contributed by atoms with Crippen molar-refractivity contribution in [1.82, 2.24) is 14.5 Å². The number of nitrogens with zero attached hydrogens (tertiary/aromatic N) is 2. The lowest BCUT2D eigenvalue weighted by Crippen LogP contribution is -2.51. The maximum absolute atomic E-state index is 13.7. The van der Waals surface area contributed by atoms with E-state index in [2.05, 4.69) is 5.32 Å². The topological polar surface area (TPSA) is 86.8 Å². The van der Waals surface area contributed by atoms with Crippen LogP contribution in [0.2, 0.25) is 5.02 Å². The monoisotopic (exact) mass is 569 g/mol. The van der Waals surface area contributed by atoms with E-state index in [0.717, 1.165) is 11.1 Å². The summed E-state index contributed by atoms with van der Waals surface area (Å²) in [5.41, 5.74) is 1.77. The molecule has 0 aromatic heterocycles. The molecule has 0 spiro atoms. The van der Waals surface area contributed by atoms with Gasteiger partial charge in [-0.15, -0.1) is 0 Å². The van der Waals surface area contributed by atoms with Gasteiger partial charge in [0.25, 0.3) is 0 Å². The van der Waals surface area contributed by atoms with Gasteiger partial charge in [0.1, 0.15) is 6.04 Å². The molecule has 0 aliphatic carbocycles. The van der Waals surface area contributed by atoms with Crippen molar-refractivity contribution in [2.75, 3.05) is 13.6 Å². The SMILES string of the molecule is CC(C)NC(=O)[C@H](Cc1ccccc1)N(Cc1ccc(Cl)cc1)C(=O)CCCN(C)S(=O)(=O)c1ccccc1. The van der Waals surface area contributed by atoms with Crippen molar-refractivity contribution < 1.29 is 18.0 Å². The van der Waals surface area contributed by atoms with Crippen molar-refractivity contribution in [3.05, 3.63) is 101 Å². The first-order chi connectivity index (χ1) is 18.6. The van der Waals surface area contributed by atoms with E-state index in [4.69, 9.17) is 11.6 Å². The number of carbonyl (C=O) groups is 2. The van der Waals surface area contributed by atoms with E-state index in [-0.39, 0.29) is 42.3 Å². The molecule has 0 heterocycles. The molecule has 0 aliphatic rings. The van der Waals surface area contributed by atoms with Gasteiger partial charge in [-0.1, -0.05) is 72.3 Å². The number of hydrogen-bond donors (Lipinski definition) is 1. The Balaban J connectivity index is 1.81. The number of halogens is 1. The van der Waals surface area contributed by atoms with Gasteiger partial charge >= 0.3 is 0 Å². The van der Waals surface area contributed by atoms with Crippen LogP contribution >= 0.6 is 11.6 Å². The number of benzene rings is 3. The predicted molar refractivity (Wildman–Crippen MR) is 155 cm³/mol. The van der Waals surface area contributed by atoms with E-state index in [1.165, 1.54) is 11.4 Å². The largest absolute Gasteiger partial charge is 0.352 e. The lowest BCUT2D eigenvalue weighted by molar-refractivity contribution is -0.141. The van der Waals surface area contributed by atoms with E-state index in [1.807, 2.05) is 56.3 Å². The summed E-state index contributed by atoms with van der Waals surface area (Å²) in [4.78, 5) is 28.9. The zero-order chi connectivity index (χ0) is 28.4. The van der Waals surface area contributed by atoms with Gasteiger partial charge in [0.2, 0.25) is 21.8 Å². The van der Waals surface area contributed by atoms with Crippen LogP contribution in [0.4, 0.5) is 0 Å². The fraction of sp³-hybridized carbons (Fsp3) is 0.333.